The number of rotatable bonds is 5. The van der Waals surface area contributed by atoms with Gasteiger partial charge < -0.3 is 10.2 Å². The molecule has 0 atom stereocenters. The van der Waals surface area contributed by atoms with Gasteiger partial charge in [-0.25, -0.2) is 9.97 Å². The number of nitrogens with zero attached hydrogens (tertiary/aromatic N) is 4. The van der Waals surface area contributed by atoms with Crippen molar-refractivity contribution in [3.8, 4) is 6.07 Å². The minimum absolute atomic E-state index is 0.452. The quantitative estimate of drug-likeness (QED) is 0.830. The molecule has 5 heteroatoms. The Morgan fingerprint density at radius 2 is 2.05 bits per heavy atom. The fourth-order valence-electron chi connectivity index (χ4n) is 1.66. The van der Waals surface area contributed by atoms with Crippen molar-refractivity contribution in [3.05, 3.63) is 42.7 Å². The van der Waals surface area contributed by atoms with E-state index in [0.29, 0.717) is 13.0 Å². The molecule has 0 aliphatic heterocycles. The Kier molecular flexibility index (Phi) is 4.29. The zero-order chi connectivity index (χ0) is 13.5. The lowest BCUT2D eigenvalue weighted by Gasteiger charge is -2.18. The average Bonchev–Trinajstić information content (AvgIpc) is 2.48. The molecule has 19 heavy (non-hydrogen) atoms. The second kappa shape index (κ2) is 6.36. The van der Waals surface area contributed by atoms with Crippen LogP contribution in [0, 0.1) is 11.3 Å². The molecule has 1 aromatic heterocycles. The maximum Gasteiger partial charge on any atom is 0.138 e. The van der Waals surface area contributed by atoms with Gasteiger partial charge >= 0.3 is 0 Å². The Hall–Kier alpha value is -2.61. The van der Waals surface area contributed by atoms with Gasteiger partial charge in [0.25, 0.3) is 0 Å². The molecule has 0 radical (unpaired) electrons. The van der Waals surface area contributed by atoms with Crippen LogP contribution in [-0.2, 0) is 0 Å². The third kappa shape index (κ3) is 3.42. The van der Waals surface area contributed by atoms with Crippen molar-refractivity contribution in [1.82, 2.24) is 9.97 Å². The lowest BCUT2D eigenvalue weighted by atomic mass is 10.3. The van der Waals surface area contributed by atoms with Crippen LogP contribution in [0.5, 0.6) is 0 Å². The van der Waals surface area contributed by atoms with Gasteiger partial charge in [-0.05, 0) is 12.1 Å². The third-order valence-electron chi connectivity index (χ3n) is 2.68. The molecule has 2 rings (SSSR count). The first kappa shape index (κ1) is 12.8. The zero-order valence-electron chi connectivity index (χ0n) is 10.7. The molecule has 2 aromatic rings. The van der Waals surface area contributed by atoms with Gasteiger partial charge in [0.15, 0.2) is 0 Å². The fourth-order valence-corrected chi connectivity index (χ4v) is 1.66. The summed E-state index contributed by atoms with van der Waals surface area (Å²) in [6, 6.07) is 13.9. The van der Waals surface area contributed by atoms with Gasteiger partial charge in [-0.15, -0.1) is 0 Å². The molecule has 0 unspecified atom stereocenters. The molecule has 1 heterocycles. The van der Waals surface area contributed by atoms with Gasteiger partial charge in [-0.2, -0.15) is 5.26 Å². The number of benzene rings is 1. The molecule has 0 aliphatic rings. The Bertz CT molecular complexity index is 562. The predicted molar refractivity (Wildman–Crippen MR) is 75.3 cm³/mol. The van der Waals surface area contributed by atoms with Crippen molar-refractivity contribution in [2.45, 2.75) is 6.42 Å². The summed E-state index contributed by atoms with van der Waals surface area (Å²) in [6.45, 7) is 0.585. The first-order chi connectivity index (χ1) is 9.31. The Morgan fingerprint density at radius 3 is 2.79 bits per heavy atom. The average molecular weight is 253 g/mol. The fraction of sp³-hybridized carbons (Fsp3) is 0.214. The summed E-state index contributed by atoms with van der Waals surface area (Å²) < 4.78 is 0. The summed E-state index contributed by atoms with van der Waals surface area (Å²) in [6.07, 6.45) is 1.97. The largest absolute Gasteiger partial charge is 0.369 e. The second-order valence-corrected chi connectivity index (χ2v) is 3.99. The molecule has 0 fully saturated rings. The molecule has 0 bridgehead atoms. The molecule has 0 spiro atoms. The molecule has 0 saturated heterocycles. The van der Waals surface area contributed by atoms with Crippen molar-refractivity contribution in [2.24, 2.45) is 0 Å². The summed E-state index contributed by atoms with van der Waals surface area (Å²) in [5.41, 5.74) is 1.06. The van der Waals surface area contributed by atoms with Crippen molar-refractivity contribution < 1.29 is 0 Å². The number of anilines is 3. The van der Waals surface area contributed by atoms with E-state index in [0.717, 1.165) is 17.3 Å². The highest BCUT2D eigenvalue weighted by atomic mass is 15.2. The maximum absolute atomic E-state index is 8.50. The van der Waals surface area contributed by atoms with E-state index < -0.39 is 0 Å². The van der Waals surface area contributed by atoms with Crippen molar-refractivity contribution in [1.29, 1.82) is 5.26 Å². The highest BCUT2D eigenvalue weighted by Gasteiger charge is 2.05. The molecule has 1 aromatic carbocycles. The summed E-state index contributed by atoms with van der Waals surface area (Å²) in [7, 11) is 1.96. The third-order valence-corrected chi connectivity index (χ3v) is 2.68. The number of aromatic nitrogens is 2. The smallest absolute Gasteiger partial charge is 0.138 e. The van der Waals surface area contributed by atoms with Crippen molar-refractivity contribution >= 4 is 17.3 Å². The number of nitriles is 1. The minimum atomic E-state index is 0.452. The van der Waals surface area contributed by atoms with E-state index in [9.17, 15) is 0 Å². The van der Waals surface area contributed by atoms with Gasteiger partial charge in [0.1, 0.15) is 18.0 Å². The minimum Gasteiger partial charge on any atom is -0.369 e. The van der Waals surface area contributed by atoms with Crippen LogP contribution in [0.4, 0.5) is 17.3 Å². The molecule has 0 amide bonds. The molecule has 96 valence electrons. The first-order valence-corrected chi connectivity index (χ1v) is 6.03. The highest BCUT2D eigenvalue weighted by molar-refractivity contribution is 5.61. The van der Waals surface area contributed by atoms with Gasteiger partial charge in [0, 0.05) is 25.3 Å². The Labute approximate surface area is 112 Å². The Balaban J connectivity index is 2.12. The number of hydrogen-bond donors (Lipinski definition) is 1. The van der Waals surface area contributed by atoms with Crippen LogP contribution in [0.15, 0.2) is 42.7 Å². The molecule has 0 saturated carbocycles. The van der Waals surface area contributed by atoms with E-state index >= 15 is 0 Å². The van der Waals surface area contributed by atoms with Crippen LogP contribution >= 0.6 is 0 Å². The monoisotopic (exact) mass is 253 g/mol. The van der Waals surface area contributed by atoms with Crippen molar-refractivity contribution in [2.75, 3.05) is 23.8 Å². The number of para-hydroxylation sites is 1. The van der Waals surface area contributed by atoms with Gasteiger partial charge in [-0.1, -0.05) is 18.2 Å². The van der Waals surface area contributed by atoms with Crippen LogP contribution < -0.4 is 10.2 Å². The van der Waals surface area contributed by atoms with E-state index in [1.165, 1.54) is 6.33 Å². The maximum atomic E-state index is 8.50. The first-order valence-electron chi connectivity index (χ1n) is 6.03. The number of hydrogen-bond acceptors (Lipinski definition) is 5. The van der Waals surface area contributed by atoms with Gasteiger partial charge in [0.05, 0.1) is 12.5 Å². The van der Waals surface area contributed by atoms with Crippen LogP contribution in [0.2, 0.25) is 0 Å². The van der Waals surface area contributed by atoms with Crippen LogP contribution in [0.3, 0.4) is 0 Å². The topological polar surface area (TPSA) is 64.8 Å². The summed E-state index contributed by atoms with van der Waals surface area (Å²) in [4.78, 5) is 10.4. The number of nitrogens with one attached hydrogen (secondary N) is 1. The van der Waals surface area contributed by atoms with Crippen molar-refractivity contribution in [3.63, 3.8) is 0 Å². The van der Waals surface area contributed by atoms with Crippen LogP contribution in [-0.4, -0.2) is 23.6 Å². The molecule has 1 N–H and O–H groups in total. The molecular formula is C14H15N5. The Morgan fingerprint density at radius 1 is 1.26 bits per heavy atom. The standard InChI is InChI=1S/C14H15N5/c1-19(12-6-3-2-4-7-12)14-10-13(17-11-18-14)16-9-5-8-15/h2-4,6-7,10-11H,5,9H2,1H3,(H,16,17,18). The zero-order valence-corrected chi connectivity index (χ0v) is 10.7. The lowest BCUT2D eigenvalue weighted by Crippen LogP contribution is -2.12. The summed E-state index contributed by atoms with van der Waals surface area (Å²) in [5.74, 6) is 1.53. The SMILES string of the molecule is CN(c1ccccc1)c1cc(NCCC#N)ncn1. The van der Waals surface area contributed by atoms with E-state index in [4.69, 9.17) is 5.26 Å². The van der Waals surface area contributed by atoms with E-state index in [2.05, 4.69) is 21.4 Å². The van der Waals surface area contributed by atoms with E-state index in [-0.39, 0.29) is 0 Å². The molecule has 0 aliphatic carbocycles. The molecular weight excluding hydrogens is 238 g/mol. The van der Waals surface area contributed by atoms with Gasteiger partial charge in [-0.3, -0.25) is 0 Å². The van der Waals surface area contributed by atoms with E-state index in [1.54, 1.807) is 0 Å². The predicted octanol–water partition coefficient (Wildman–Crippen LogP) is 2.57. The van der Waals surface area contributed by atoms with E-state index in [1.807, 2.05) is 48.3 Å². The summed E-state index contributed by atoms with van der Waals surface area (Å²) in [5, 5.41) is 11.6. The molecule has 5 nitrogen and oxygen atoms in total. The second-order valence-electron chi connectivity index (χ2n) is 3.99. The van der Waals surface area contributed by atoms with Crippen LogP contribution in [0.1, 0.15) is 6.42 Å². The highest BCUT2D eigenvalue weighted by Crippen LogP contribution is 2.21. The lowest BCUT2D eigenvalue weighted by molar-refractivity contribution is 1.03. The summed E-state index contributed by atoms with van der Waals surface area (Å²) >= 11 is 0. The van der Waals surface area contributed by atoms with Crippen LogP contribution in [0.25, 0.3) is 0 Å². The van der Waals surface area contributed by atoms with Gasteiger partial charge in [0.2, 0.25) is 0 Å². The normalized spacial score (nSPS) is 9.68.